The molecule has 0 atom stereocenters. The molecule has 5 nitrogen and oxygen atoms in total. The minimum atomic E-state index is 0. The second kappa shape index (κ2) is 16.1. The fraction of sp³-hybridized carbons (Fsp3) is 0. The molecule has 1 aromatic heterocycles. The molecule has 0 saturated heterocycles. The van der Waals surface area contributed by atoms with E-state index in [0.29, 0.717) is 11.5 Å². The van der Waals surface area contributed by atoms with E-state index in [2.05, 4.69) is 165 Å². The van der Waals surface area contributed by atoms with Crippen LogP contribution >= 0.6 is 0 Å². The van der Waals surface area contributed by atoms with Crippen LogP contribution in [-0.2, 0) is 21.1 Å². The molecule has 8 aromatic carbocycles. The largest absolute Gasteiger partial charge is 2.00 e. The van der Waals surface area contributed by atoms with E-state index in [4.69, 9.17) is 4.74 Å². The molecular weight excluding hydrogens is 892 g/mol. The summed E-state index contributed by atoms with van der Waals surface area (Å²) >= 11 is 0. The molecule has 0 N–H and O–H groups in total. The molecule has 0 fully saturated rings. The van der Waals surface area contributed by atoms with E-state index in [1.54, 1.807) is 6.20 Å². The fourth-order valence-corrected chi connectivity index (χ4v) is 7.52. The minimum absolute atomic E-state index is 0. The summed E-state index contributed by atoms with van der Waals surface area (Å²) in [6, 6.07) is 79.3. The smallest absolute Gasteiger partial charge is 0.509 e. The Balaban J connectivity index is 0.00000436. The van der Waals surface area contributed by atoms with Crippen molar-refractivity contribution in [2.24, 2.45) is 0 Å². The Kier molecular flexibility index (Phi) is 10.1. The third kappa shape index (κ3) is 6.95. The van der Waals surface area contributed by atoms with Gasteiger partial charge in [-0.05, 0) is 69.6 Å². The van der Waals surface area contributed by atoms with Crippen molar-refractivity contribution in [2.45, 2.75) is 0 Å². The van der Waals surface area contributed by atoms with Crippen LogP contribution in [-0.4, -0.2) is 11.0 Å². The SMILES string of the molecule is C1=[N+](c2[c-]c(Oc3[c-]c(N(c4ccccc4)c4ccccn4)ccc3)ccc2)c2ccc3ccccc3c2[N+]=1c1c(-c2ccccc2)cccc1-c1ccccc1.[Pt+2]. The van der Waals surface area contributed by atoms with Gasteiger partial charge in [-0.3, -0.25) is 0 Å². The van der Waals surface area contributed by atoms with Crippen molar-refractivity contribution in [3.8, 4) is 33.8 Å². The van der Waals surface area contributed by atoms with Gasteiger partial charge in [0, 0.05) is 29.4 Å². The maximum atomic E-state index is 6.54. The number of fused-ring (bicyclic) bond motifs is 3. The molecule has 10 rings (SSSR count). The van der Waals surface area contributed by atoms with Gasteiger partial charge in [0.1, 0.15) is 11.5 Å². The molecule has 0 radical (unpaired) electrons. The summed E-state index contributed by atoms with van der Waals surface area (Å²) in [5.74, 6) is 1.90. The summed E-state index contributed by atoms with van der Waals surface area (Å²) in [5, 5.41) is 2.27. The van der Waals surface area contributed by atoms with Gasteiger partial charge in [0.2, 0.25) is 5.69 Å². The Bertz CT molecular complexity index is 2870. The maximum Gasteiger partial charge on any atom is 2.00 e. The summed E-state index contributed by atoms with van der Waals surface area (Å²) in [7, 11) is 0. The van der Waals surface area contributed by atoms with Crippen LogP contribution in [0.4, 0.5) is 39.9 Å². The molecule has 58 heavy (non-hydrogen) atoms. The normalized spacial score (nSPS) is 11.6. The van der Waals surface area contributed by atoms with Gasteiger partial charge in [0.15, 0.2) is 0 Å². The number of anilines is 3. The number of rotatable bonds is 9. The zero-order valence-corrected chi connectivity index (χ0v) is 33.4. The number of benzene rings is 8. The van der Waals surface area contributed by atoms with Crippen LogP contribution in [0.1, 0.15) is 0 Å². The fourth-order valence-electron chi connectivity index (χ4n) is 7.52. The van der Waals surface area contributed by atoms with Gasteiger partial charge < -0.3 is 9.64 Å². The Morgan fingerprint density at radius 2 is 1.12 bits per heavy atom. The zero-order valence-electron chi connectivity index (χ0n) is 31.1. The number of ether oxygens (including phenoxy) is 1. The molecule has 0 aliphatic carbocycles. The molecule has 276 valence electrons. The van der Waals surface area contributed by atoms with E-state index < -0.39 is 0 Å². The first kappa shape index (κ1) is 36.5. The molecule has 6 heteroatoms. The van der Waals surface area contributed by atoms with Gasteiger partial charge in [-0.15, -0.1) is 24.3 Å². The molecule has 9 aromatic rings. The topological polar surface area (TPSA) is 31.4 Å². The summed E-state index contributed by atoms with van der Waals surface area (Å²) in [4.78, 5) is 6.72. The number of hydrogen-bond acceptors (Lipinski definition) is 3. The van der Waals surface area contributed by atoms with Gasteiger partial charge >= 0.3 is 32.8 Å². The summed E-state index contributed by atoms with van der Waals surface area (Å²) in [6.45, 7) is 0. The van der Waals surface area contributed by atoms with E-state index >= 15 is 0 Å². The van der Waals surface area contributed by atoms with Crippen LogP contribution in [0.3, 0.4) is 0 Å². The molecule has 1 aliphatic rings. The molecule has 0 bridgehead atoms. The second-order valence-corrected chi connectivity index (χ2v) is 13.6. The second-order valence-electron chi connectivity index (χ2n) is 13.6. The quantitative estimate of drug-likeness (QED) is 0.107. The molecular formula is C52H34N4OPt+2. The van der Waals surface area contributed by atoms with Crippen LogP contribution < -0.4 is 18.8 Å². The van der Waals surface area contributed by atoms with Crippen LogP contribution in [0.15, 0.2) is 206 Å². The minimum Gasteiger partial charge on any atom is -0.509 e. The monoisotopic (exact) mass is 925 g/mol. The number of para-hydroxylation sites is 2. The zero-order chi connectivity index (χ0) is 38.0. The molecule has 0 amide bonds. The van der Waals surface area contributed by atoms with Gasteiger partial charge in [0.05, 0.1) is 16.5 Å². The predicted octanol–water partition coefficient (Wildman–Crippen LogP) is 13.3. The molecule has 0 unspecified atom stereocenters. The van der Waals surface area contributed by atoms with Crippen molar-refractivity contribution in [2.75, 3.05) is 4.90 Å². The average Bonchev–Trinajstić information content (AvgIpc) is 3.68. The van der Waals surface area contributed by atoms with E-state index in [0.717, 1.165) is 73.0 Å². The predicted molar refractivity (Wildman–Crippen MR) is 232 cm³/mol. The number of pyridine rings is 1. The van der Waals surface area contributed by atoms with E-state index in [1.807, 2.05) is 72.8 Å². The first-order valence-electron chi connectivity index (χ1n) is 18.9. The number of aromatic nitrogens is 1. The molecule has 2 heterocycles. The van der Waals surface area contributed by atoms with Gasteiger partial charge in [-0.25, -0.2) is 4.98 Å². The number of hydrogen-bond donors (Lipinski definition) is 0. The molecule has 1 aliphatic heterocycles. The summed E-state index contributed by atoms with van der Waals surface area (Å²) in [6.07, 6.45) is 1.79. The first-order chi connectivity index (χ1) is 28.3. The summed E-state index contributed by atoms with van der Waals surface area (Å²) in [5.41, 5.74) is 10.1. The van der Waals surface area contributed by atoms with Crippen molar-refractivity contribution in [1.29, 1.82) is 0 Å². The maximum absolute atomic E-state index is 6.54. The standard InChI is InChI=1S/C52H34N4O.Pt/c1-4-17-38(18-5-1)46-29-16-30-47(39-19-6-2-7-20-39)51(46)55-37-54(49-33-32-40-21-10-11-28-48(40)52(49)55)42-24-14-26-44(35-42)57-45-27-15-25-43(36-45)56(41-22-8-3-9-23-41)50-31-12-13-34-53-50;/h1-34H;/q;+2. The first-order valence-corrected chi connectivity index (χ1v) is 18.9. The van der Waals surface area contributed by atoms with Crippen molar-refractivity contribution in [3.05, 3.63) is 219 Å². The molecule has 0 saturated carbocycles. The Morgan fingerprint density at radius 1 is 0.500 bits per heavy atom. The van der Waals surface area contributed by atoms with Crippen LogP contribution in [0.5, 0.6) is 11.5 Å². The Morgan fingerprint density at radius 3 is 1.83 bits per heavy atom. The average molecular weight is 926 g/mol. The van der Waals surface area contributed by atoms with E-state index in [9.17, 15) is 0 Å². The van der Waals surface area contributed by atoms with Crippen molar-refractivity contribution < 1.29 is 25.8 Å². The van der Waals surface area contributed by atoms with Gasteiger partial charge in [-0.1, -0.05) is 132 Å². The van der Waals surface area contributed by atoms with Crippen LogP contribution in [0.2, 0.25) is 0 Å². The third-order valence-electron chi connectivity index (χ3n) is 10.1. The van der Waals surface area contributed by atoms with Crippen LogP contribution in [0.25, 0.3) is 33.0 Å². The van der Waals surface area contributed by atoms with Crippen molar-refractivity contribution in [1.82, 2.24) is 14.1 Å². The summed E-state index contributed by atoms with van der Waals surface area (Å²) < 4.78 is 10.9. The Labute approximate surface area is 352 Å². The van der Waals surface area contributed by atoms with Gasteiger partial charge in [0.25, 0.3) is 5.69 Å². The van der Waals surface area contributed by atoms with Crippen LogP contribution in [0, 0.1) is 12.1 Å². The van der Waals surface area contributed by atoms with Gasteiger partial charge in [-0.2, -0.15) is 12.1 Å². The molecule has 0 spiro atoms. The van der Waals surface area contributed by atoms with E-state index in [-0.39, 0.29) is 21.1 Å². The van der Waals surface area contributed by atoms with Crippen molar-refractivity contribution >= 4 is 56.7 Å². The number of nitrogens with zero attached hydrogens (tertiary/aromatic N) is 4. The van der Waals surface area contributed by atoms with E-state index in [1.165, 1.54) is 0 Å². The Hall–Kier alpha value is -7.16. The third-order valence-corrected chi connectivity index (χ3v) is 10.1. The van der Waals surface area contributed by atoms with Crippen molar-refractivity contribution in [3.63, 3.8) is 0 Å².